The van der Waals surface area contributed by atoms with Crippen LogP contribution in [-0.4, -0.2) is 59.0 Å². The lowest BCUT2D eigenvalue weighted by molar-refractivity contribution is -0.310. The van der Waals surface area contributed by atoms with E-state index in [0.29, 0.717) is 37.1 Å². The van der Waals surface area contributed by atoms with E-state index >= 15 is 0 Å². The average molecular weight is 421 g/mol. The van der Waals surface area contributed by atoms with Crippen LogP contribution in [-0.2, 0) is 9.53 Å². The molecule has 31 heavy (non-hydrogen) atoms. The Morgan fingerprint density at radius 2 is 1.71 bits per heavy atom. The minimum absolute atomic E-state index is 0.0789. The van der Waals surface area contributed by atoms with Gasteiger partial charge in [-0.15, -0.1) is 0 Å². The first-order chi connectivity index (χ1) is 14.8. The molecule has 7 heteroatoms. The number of carboxylic acids is 1. The Morgan fingerprint density at radius 1 is 1.00 bits per heavy atom. The lowest BCUT2D eigenvalue weighted by Crippen LogP contribution is -2.60. The van der Waals surface area contributed by atoms with Crippen LogP contribution in [0.2, 0.25) is 0 Å². The molecule has 0 saturated carbocycles. The molecular formula is C24H25N2O5-. The molecule has 1 spiro atoms. The number of ether oxygens (including phenoxy) is 1. The van der Waals surface area contributed by atoms with Crippen molar-refractivity contribution in [3.05, 3.63) is 70.8 Å². The Hall–Kier alpha value is -3.19. The zero-order valence-corrected chi connectivity index (χ0v) is 17.7. The van der Waals surface area contributed by atoms with Gasteiger partial charge in [0, 0.05) is 37.1 Å². The van der Waals surface area contributed by atoms with Crippen LogP contribution in [0.15, 0.2) is 48.5 Å². The Balaban J connectivity index is 1.58. The molecule has 2 amide bonds. The summed E-state index contributed by atoms with van der Waals surface area (Å²) in [5.74, 6) is -1.80. The number of carbonyl (C=O) groups is 3. The molecule has 2 heterocycles. The number of aliphatic carboxylic acids is 1. The maximum absolute atomic E-state index is 13.4. The minimum Gasteiger partial charge on any atom is -0.548 e. The molecule has 1 atom stereocenters. The van der Waals surface area contributed by atoms with Crippen LogP contribution < -0.4 is 5.11 Å². The standard InChI is InChI=1S/C24H26N2O5/c1-16-6-5-8-18(14-16)21(27)25-12-10-24(11-13-25)26(20(15-31-24)23(29)30)22(28)19-9-4-3-7-17(19)2/h3-9,14,20H,10-13,15H2,1-2H3,(H,29,30)/p-1/t20-/m1/s1. The van der Waals surface area contributed by atoms with Crippen molar-refractivity contribution < 1.29 is 24.2 Å². The Kier molecular flexibility index (Phi) is 5.54. The van der Waals surface area contributed by atoms with E-state index < -0.39 is 17.7 Å². The number of hydrogen-bond acceptors (Lipinski definition) is 5. The fourth-order valence-electron chi connectivity index (χ4n) is 4.51. The van der Waals surface area contributed by atoms with Crippen molar-refractivity contribution in [2.24, 2.45) is 0 Å². The van der Waals surface area contributed by atoms with Crippen LogP contribution >= 0.6 is 0 Å². The third kappa shape index (κ3) is 3.81. The average Bonchev–Trinajstić information content (AvgIpc) is 3.12. The van der Waals surface area contributed by atoms with Gasteiger partial charge in [-0.2, -0.15) is 0 Å². The van der Waals surface area contributed by atoms with Crippen molar-refractivity contribution in [2.45, 2.75) is 38.5 Å². The number of benzene rings is 2. The fraction of sp³-hybridized carbons (Fsp3) is 0.375. The van der Waals surface area contributed by atoms with Crippen LogP contribution in [0.4, 0.5) is 0 Å². The number of hydrogen-bond donors (Lipinski definition) is 0. The fourth-order valence-corrected chi connectivity index (χ4v) is 4.51. The van der Waals surface area contributed by atoms with E-state index in [-0.39, 0.29) is 18.4 Å². The number of amides is 2. The predicted molar refractivity (Wildman–Crippen MR) is 111 cm³/mol. The van der Waals surface area contributed by atoms with Gasteiger partial charge in [-0.05, 0) is 37.6 Å². The van der Waals surface area contributed by atoms with E-state index in [0.717, 1.165) is 11.1 Å². The monoisotopic (exact) mass is 421 g/mol. The molecule has 2 aromatic rings. The van der Waals surface area contributed by atoms with E-state index in [2.05, 4.69) is 0 Å². The summed E-state index contributed by atoms with van der Waals surface area (Å²) in [7, 11) is 0. The largest absolute Gasteiger partial charge is 0.548 e. The van der Waals surface area contributed by atoms with Crippen molar-refractivity contribution >= 4 is 17.8 Å². The van der Waals surface area contributed by atoms with Gasteiger partial charge >= 0.3 is 0 Å². The third-order valence-electron chi connectivity index (χ3n) is 6.22. The SMILES string of the molecule is Cc1cccc(C(=O)N2CCC3(CC2)OC[C@H](C(=O)[O-])N3C(=O)c2ccccc2C)c1. The maximum atomic E-state index is 13.4. The van der Waals surface area contributed by atoms with Gasteiger partial charge in [0.1, 0.15) is 5.72 Å². The van der Waals surface area contributed by atoms with Crippen LogP contribution in [0, 0.1) is 13.8 Å². The predicted octanol–water partition coefficient (Wildman–Crippen LogP) is 1.53. The lowest BCUT2D eigenvalue weighted by Gasteiger charge is -2.45. The summed E-state index contributed by atoms with van der Waals surface area (Å²) < 4.78 is 5.95. The highest BCUT2D eigenvalue weighted by molar-refractivity contribution is 5.98. The topological polar surface area (TPSA) is 90.0 Å². The molecule has 0 unspecified atom stereocenters. The summed E-state index contributed by atoms with van der Waals surface area (Å²) >= 11 is 0. The number of carbonyl (C=O) groups excluding carboxylic acids is 3. The second-order valence-electron chi connectivity index (χ2n) is 8.24. The number of aryl methyl sites for hydroxylation is 2. The van der Waals surface area contributed by atoms with E-state index in [1.54, 1.807) is 23.1 Å². The molecule has 2 aromatic carbocycles. The molecule has 0 bridgehead atoms. The van der Waals surface area contributed by atoms with Crippen LogP contribution in [0.1, 0.15) is 44.7 Å². The Bertz CT molecular complexity index is 1030. The Morgan fingerprint density at radius 3 is 2.35 bits per heavy atom. The first-order valence-electron chi connectivity index (χ1n) is 10.4. The van der Waals surface area contributed by atoms with Crippen molar-refractivity contribution in [2.75, 3.05) is 19.7 Å². The quantitative estimate of drug-likeness (QED) is 0.750. The summed E-state index contributed by atoms with van der Waals surface area (Å²) in [6, 6.07) is 13.3. The second kappa shape index (κ2) is 8.15. The molecule has 162 valence electrons. The molecule has 2 saturated heterocycles. The molecule has 0 aromatic heterocycles. The van der Waals surface area contributed by atoms with Crippen molar-refractivity contribution in [3.63, 3.8) is 0 Å². The van der Waals surface area contributed by atoms with Gasteiger partial charge in [0.25, 0.3) is 11.8 Å². The van der Waals surface area contributed by atoms with Gasteiger partial charge in [-0.1, -0.05) is 35.9 Å². The van der Waals surface area contributed by atoms with Gasteiger partial charge in [-0.25, -0.2) is 0 Å². The van der Waals surface area contributed by atoms with Crippen molar-refractivity contribution in [1.29, 1.82) is 0 Å². The van der Waals surface area contributed by atoms with E-state index in [1.165, 1.54) is 4.90 Å². The highest BCUT2D eigenvalue weighted by Gasteiger charge is 2.52. The van der Waals surface area contributed by atoms with E-state index in [4.69, 9.17) is 4.74 Å². The third-order valence-corrected chi connectivity index (χ3v) is 6.22. The summed E-state index contributed by atoms with van der Waals surface area (Å²) in [6.07, 6.45) is 0.678. The summed E-state index contributed by atoms with van der Waals surface area (Å²) in [6.45, 7) is 4.36. The second-order valence-corrected chi connectivity index (χ2v) is 8.24. The van der Waals surface area contributed by atoms with Crippen LogP contribution in [0.5, 0.6) is 0 Å². The zero-order chi connectivity index (χ0) is 22.2. The smallest absolute Gasteiger partial charge is 0.257 e. The molecule has 2 fully saturated rings. The molecule has 2 aliphatic heterocycles. The first kappa shape index (κ1) is 21.1. The number of nitrogens with zero attached hydrogens (tertiary/aromatic N) is 2. The van der Waals surface area contributed by atoms with Crippen LogP contribution in [0.25, 0.3) is 0 Å². The lowest BCUT2D eigenvalue weighted by atomic mass is 9.95. The molecule has 2 aliphatic rings. The summed E-state index contributed by atoms with van der Waals surface area (Å²) in [4.78, 5) is 41.2. The normalized spacial score (nSPS) is 20.1. The minimum atomic E-state index is -1.34. The van der Waals surface area contributed by atoms with Gasteiger partial charge in [0.2, 0.25) is 0 Å². The maximum Gasteiger partial charge on any atom is 0.257 e. The number of piperidine rings is 1. The van der Waals surface area contributed by atoms with Gasteiger partial charge in [-0.3, -0.25) is 14.5 Å². The van der Waals surface area contributed by atoms with Crippen molar-refractivity contribution in [3.8, 4) is 0 Å². The molecule has 0 aliphatic carbocycles. The number of likely N-dealkylation sites (tertiary alicyclic amines) is 1. The summed E-state index contributed by atoms with van der Waals surface area (Å²) in [5.41, 5.74) is 1.76. The van der Waals surface area contributed by atoms with Gasteiger partial charge in [0.15, 0.2) is 0 Å². The molecular weight excluding hydrogens is 396 g/mol. The number of carboxylic acid groups (broad SMARTS) is 1. The molecule has 0 N–H and O–H groups in total. The summed E-state index contributed by atoms with van der Waals surface area (Å²) in [5, 5.41) is 11.8. The van der Waals surface area contributed by atoms with E-state index in [1.807, 2.05) is 44.2 Å². The molecule has 4 rings (SSSR count). The van der Waals surface area contributed by atoms with E-state index in [9.17, 15) is 19.5 Å². The number of rotatable bonds is 3. The highest BCUT2D eigenvalue weighted by atomic mass is 16.5. The molecule has 7 nitrogen and oxygen atoms in total. The van der Waals surface area contributed by atoms with Crippen LogP contribution in [0.3, 0.4) is 0 Å². The van der Waals surface area contributed by atoms with Crippen molar-refractivity contribution in [1.82, 2.24) is 9.80 Å². The Labute approximate surface area is 181 Å². The van der Waals surface area contributed by atoms with Gasteiger partial charge in [0.05, 0.1) is 18.6 Å². The zero-order valence-electron chi connectivity index (χ0n) is 17.7. The highest BCUT2D eigenvalue weighted by Crippen LogP contribution is 2.38. The first-order valence-corrected chi connectivity index (χ1v) is 10.4. The van der Waals surface area contributed by atoms with Gasteiger partial charge < -0.3 is 19.5 Å². The molecule has 0 radical (unpaired) electrons.